The van der Waals surface area contributed by atoms with E-state index in [0.717, 1.165) is 45.2 Å². The maximum Gasteiger partial charge on any atom is 0.293 e. The summed E-state index contributed by atoms with van der Waals surface area (Å²) in [5.74, 6) is -0.232. The summed E-state index contributed by atoms with van der Waals surface area (Å²) in [6.07, 6.45) is 5.49. The predicted molar refractivity (Wildman–Crippen MR) is 113 cm³/mol. The number of carbonyl (C=O) groups excluding carboxylic acids is 4. The number of nitrogens with two attached hydrogens (primary N) is 1. The number of rotatable bonds is 17. The molecule has 0 rings (SSSR count). The zero-order chi connectivity index (χ0) is 22.5. The van der Waals surface area contributed by atoms with Crippen molar-refractivity contribution in [2.75, 3.05) is 33.8 Å². The lowest BCUT2D eigenvalue weighted by atomic mass is 10.1. The summed E-state index contributed by atoms with van der Waals surface area (Å²) in [7, 11) is 3.79. The summed E-state index contributed by atoms with van der Waals surface area (Å²) in [5, 5.41) is 8.72. The van der Waals surface area contributed by atoms with Gasteiger partial charge >= 0.3 is 0 Å². The lowest BCUT2D eigenvalue weighted by Gasteiger charge is -2.15. The van der Waals surface area contributed by atoms with Crippen LogP contribution in [0.5, 0.6) is 0 Å². The summed E-state index contributed by atoms with van der Waals surface area (Å²) < 4.78 is 4.42. The third-order valence-electron chi connectivity index (χ3n) is 4.22. The van der Waals surface area contributed by atoms with Crippen molar-refractivity contribution in [2.24, 2.45) is 5.73 Å². The number of ketones is 2. The van der Waals surface area contributed by atoms with Crippen molar-refractivity contribution in [1.82, 2.24) is 16.0 Å². The van der Waals surface area contributed by atoms with Gasteiger partial charge in [0.05, 0.1) is 25.1 Å². The second kappa shape index (κ2) is 20.9. The van der Waals surface area contributed by atoms with Crippen molar-refractivity contribution in [3.63, 3.8) is 0 Å². The normalized spacial score (nSPS) is 12.2. The van der Waals surface area contributed by atoms with Crippen molar-refractivity contribution in [3.05, 3.63) is 0 Å². The minimum Gasteiger partial charge on any atom is -0.467 e. The van der Waals surface area contributed by atoms with Crippen LogP contribution in [0.3, 0.4) is 0 Å². The van der Waals surface area contributed by atoms with Crippen molar-refractivity contribution in [1.29, 1.82) is 0 Å². The quantitative estimate of drug-likeness (QED) is 0.196. The van der Waals surface area contributed by atoms with Crippen LogP contribution in [0.15, 0.2) is 0 Å². The fourth-order valence-electron chi connectivity index (χ4n) is 2.36. The Labute approximate surface area is 174 Å². The number of hydrogen-bond acceptors (Lipinski definition) is 8. The standard InChI is InChI=1S/C12H22N2O4.C8H18N2O/c1-10(16)11(5-3-4-7-13-2)14-12(17)6-8-18-9-15;1-7(11)8(9)5-3-4-6-10-2/h9,11,13H,3-8H2,1-2H3,(H,14,17);8,10H,3-6,9H2,1-2H3. The number of Topliss-reactive ketones (excluding diaryl/α,β-unsaturated/α-hetero) is 2. The summed E-state index contributed by atoms with van der Waals surface area (Å²) >= 11 is 0. The molecule has 0 aromatic heterocycles. The number of carbonyl (C=O) groups is 4. The summed E-state index contributed by atoms with van der Waals surface area (Å²) in [5.41, 5.74) is 5.53. The number of amides is 1. The second-order valence-corrected chi connectivity index (χ2v) is 6.86. The van der Waals surface area contributed by atoms with Gasteiger partial charge in [0.2, 0.25) is 5.91 Å². The number of nitrogens with one attached hydrogen (secondary N) is 3. The smallest absolute Gasteiger partial charge is 0.293 e. The van der Waals surface area contributed by atoms with E-state index in [9.17, 15) is 19.2 Å². The molecule has 9 nitrogen and oxygen atoms in total. The van der Waals surface area contributed by atoms with E-state index in [1.54, 1.807) is 6.92 Å². The maximum atomic E-state index is 11.4. The molecule has 9 heteroatoms. The van der Waals surface area contributed by atoms with Gasteiger partial charge in [-0.2, -0.15) is 0 Å². The topological polar surface area (TPSA) is 140 Å². The van der Waals surface area contributed by atoms with Gasteiger partial charge in [-0.15, -0.1) is 0 Å². The number of ether oxygens (including phenoxy) is 1. The highest BCUT2D eigenvalue weighted by molar-refractivity contribution is 5.87. The summed E-state index contributed by atoms with van der Waals surface area (Å²) in [4.78, 5) is 43.4. The van der Waals surface area contributed by atoms with E-state index in [4.69, 9.17) is 5.73 Å². The molecule has 170 valence electrons. The van der Waals surface area contributed by atoms with Crippen LogP contribution in [-0.4, -0.2) is 69.8 Å². The van der Waals surface area contributed by atoms with E-state index in [0.29, 0.717) is 12.9 Å². The van der Waals surface area contributed by atoms with Crippen LogP contribution in [0.1, 0.15) is 58.8 Å². The summed E-state index contributed by atoms with van der Waals surface area (Å²) in [6, 6.07) is -0.683. The molecule has 0 heterocycles. The van der Waals surface area contributed by atoms with Gasteiger partial charge in [-0.05, 0) is 73.1 Å². The molecule has 0 bridgehead atoms. The monoisotopic (exact) mass is 416 g/mol. The Morgan fingerprint density at radius 3 is 1.93 bits per heavy atom. The van der Waals surface area contributed by atoms with Gasteiger partial charge in [-0.25, -0.2) is 0 Å². The van der Waals surface area contributed by atoms with E-state index >= 15 is 0 Å². The van der Waals surface area contributed by atoms with Gasteiger partial charge in [-0.3, -0.25) is 19.2 Å². The summed E-state index contributed by atoms with van der Waals surface area (Å²) in [6.45, 7) is 5.25. The molecular formula is C20H40N4O5. The molecule has 0 radical (unpaired) electrons. The molecule has 0 fully saturated rings. The van der Waals surface area contributed by atoms with Crippen LogP contribution < -0.4 is 21.7 Å². The predicted octanol–water partition coefficient (Wildman–Crippen LogP) is 0.305. The fraction of sp³-hybridized carbons (Fsp3) is 0.800. The van der Waals surface area contributed by atoms with Gasteiger partial charge in [0.15, 0.2) is 5.78 Å². The van der Waals surface area contributed by atoms with Gasteiger partial charge in [0.25, 0.3) is 6.47 Å². The SMILES string of the molecule is CNCCCCC(N)C(C)=O.CNCCCCC(NC(=O)CCOC=O)C(C)=O. The van der Waals surface area contributed by atoms with Crippen LogP contribution in [0.25, 0.3) is 0 Å². The van der Waals surface area contributed by atoms with E-state index in [1.165, 1.54) is 6.92 Å². The molecule has 0 aromatic rings. The fourth-order valence-corrected chi connectivity index (χ4v) is 2.36. The van der Waals surface area contributed by atoms with Crippen molar-refractivity contribution in [3.8, 4) is 0 Å². The number of unbranched alkanes of at least 4 members (excludes halogenated alkanes) is 2. The Kier molecular flexibility index (Phi) is 21.1. The highest BCUT2D eigenvalue weighted by atomic mass is 16.5. The molecule has 2 atom stereocenters. The molecule has 5 N–H and O–H groups in total. The zero-order valence-corrected chi connectivity index (χ0v) is 18.4. The average Bonchev–Trinajstić information content (AvgIpc) is 2.68. The first-order chi connectivity index (χ1) is 13.8. The van der Waals surface area contributed by atoms with E-state index in [1.807, 2.05) is 14.1 Å². The highest BCUT2D eigenvalue weighted by Crippen LogP contribution is 2.02. The van der Waals surface area contributed by atoms with Gasteiger partial charge in [0.1, 0.15) is 5.78 Å². The minimum atomic E-state index is -0.439. The lowest BCUT2D eigenvalue weighted by Crippen LogP contribution is -2.40. The van der Waals surface area contributed by atoms with Gasteiger partial charge < -0.3 is 26.4 Å². The maximum absolute atomic E-state index is 11.4. The van der Waals surface area contributed by atoms with Crippen LogP contribution >= 0.6 is 0 Å². The molecule has 0 aliphatic heterocycles. The third kappa shape index (κ3) is 20.7. The Morgan fingerprint density at radius 1 is 0.931 bits per heavy atom. The highest BCUT2D eigenvalue weighted by Gasteiger charge is 2.16. The average molecular weight is 417 g/mol. The Bertz CT molecular complexity index is 460. The molecule has 29 heavy (non-hydrogen) atoms. The second-order valence-electron chi connectivity index (χ2n) is 6.86. The van der Waals surface area contributed by atoms with E-state index < -0.39 is 6.04 Å². The minimum absolute atomic E-state index is 0.0414. The largest absolute Gasteiger partial charge is 0.467 e. The van der Waals surface area contributed by atoms with Gasteiger partial charge in [-0.1, -0.05) is 6.42 Å². The van der Waals surface area contributed by atoms with Crippen LogP contribution in [-0.2, 0) is 23.9 Å². The Hall–Kier alpha value is -1.84. The van der Waals surface area contributed by atoms with Crippen LogP contribution in [0.2, 0.25) is 0 Å². The Morgan fingerprint density at radius 2 is 1.48 bits per heavy atom. The van der Waals surface area contributed by atoms with Crippen molar-refractivity contribution < 1.29 is 23.9 Å². The molecule has 2 unspecified atom stereocenters. The third-order valence-corrected chi connectivity index (χ3v) is 4.22. The number of hydrogen-bond donors (Lipinski definition) is 4. The molecule has 0 spiro atoms. The molecule has 0 aromatic carbocycles. The van der Waals surface area contributed by atoms with E-state index in [-0.39, 0.29) is 36.5 Å². The molecule has 0 saturated carbocycles. The van der Waals surface area contributed by atoms with E-state index in [2.05, 4.69) is 20.7 Å². The Balaban J connectivity index is 0. The van der Waals surface area contributed by atoms with Crippen LogP contribution in [0, 0.1) is 0 Å². The van der Waals surface area contributed by atoms with Gasteiger partial charge in [0, 0.05) is 0 Å². The first-order valence-corrected chi connectivity index (χ1v) is 10.2. The molecular weight excluding hydrogens is 376 g/mol. The van der Waals surface area contributed by atoms with Crippen molar-refractivity contribution >= 4 is 23.9 Å². The molecule has 0 aliphatic carbocycles. The molecule has 0 aliphatic rings. The molecule has 0 saturated heterocycles. The lowest BCUT2D eigenvalue weighted by molar-refractivity contribution is -0.132. The van der Waals surface area contributed by atoms with Crippen LogP contribution in [0.4, 0.5) is 0 Å². The molecule has 1 amide bonds. The first-order valence-electron chi connectivity index (χ1n) is 10.2. The zero-order valence-electron chi connectivity index (χ0n) is 18.4. The first kappa shape index (κ1) is 29.4. The van der Waals surface area contributed by atoms with Crippen molar-refractivity contribution in [2.45, 2.75) is 70.9 Å².